The van der Waals surface area contributed by atoms with Crippen LogP contribution in [-0.4, -0.2) is 30.2 Å². The monoisotopic (exact) mass is 334 g/mol. The molecule has 3 nitrogen and oxygen atoms in total. The van der Waals surface area contributed by atoms with Gasteiger partial charge in [-0.3, -0.25) is 0 Å². The van der Waals surface area contributed by atoms with Crippen LogP contribution in [0, 0.1) is 17.2 Å². The molecule has 0 radical (unpaired) electrons. The maximum absolute atomic E-state index is 10.8. The molecule has 4 atom stereocenters. The van der Waals surface area contributed by atoms with Crippen LogP contribution in [0.5, 0.6) is 0 Å². The maximum atomic E-state index is 10.8. The van der Waals surface area contributed by atoms with Gasteiger partial charge in [0.25, 0.3) is 0 Å². The molecule has 0 heterocycles. The van der Waals surface area contributed by atoms with Crippen LogP contribution in [0.4, 0.5) is 0 Å². The SMILES string of the molecule is CN(C)[C@H](c1ccccc1)[C@@H]1C[C@@](C#N)(c2ccccc2)CC[C@@H]1O. The standard InChI is InChI=1S/C22H26N2O/c1-24(2)21(17-9-5-3-6-10-17)19-15-22(16-23,14-13-20(19)25)18-11-7-4-8-12-18/h3-12,19-21,25H,13-15H2,1-2H3/t19-,20+,21-,22+/m1/s1. The maximum Gasteiger partial charge on any atom is 0.0827 e. The first-order valence-electron chi connectivity index (χ1n) is 8.93. The van der Waals surface area contributed by atoms with Crippen molar-refractivity contribution < 1.29 is 5.11 Å². The fraction of sp³-hybridized carbons (Fsp3) is 0.409. The quantitative estimate of drug-likeness (QED) is 0.922. The zero-order chi connectivity index (χ0) is 17.9. The molecular weight excluding hydrogens is 308 g/mol. The number of aliphatic hydroxyl groups excluding tert-OH is 1. The van der Waals surface area contributed by atoms with Crippen molar-refractivity contribution in [3.05, 3.63) is 71.8 Å². The Balaban J connectivity index is 1.98. The Morgan fingerprint density at radius 2 is 1.68 bits per heavy atom. The summed E-state index contributed by atoms with van der Waals surface area (Å²) in [5, 5.41) is 20.8. The molecule has 3 rings (SSSR count). The molecule has 2 aromatic rings. The first kappa shape index (κ1) is 17.7. The Morgan fingerprint density at radius 3 is 2.24 bits per heavy atom. The van der Waals surface area contributed by atoms with E-state index < -0.39 is 11.5 Å². The first-order valence-corrected chi connectivity index (χ1v) is 8.93. The minimum absolute atomic E-state index is 0.0195. The van der Waals surface area contributed by atoms with E-state index in [1.54, 1.807) is 0 Å². The molecule has 0 aliphatic heterocycles. The number of nitriles is 1. The van der Waals surface area contributed by atoms with Gasteiger partial charge < -0.3 is 10.0 Å². The van der Waals surface area contributed by atoms with Crippen LogP contribution in [0.15, 0.2) is 60.7 Å². The fourth-order valence-electron chi connectivity index (χ4n) is 4.33. The van der Waals surface area contributed by atoms with Gasteiger partial charge in [-0.2, -0.15) is 5.26 Å². The normalized spacial score (nSPS) is 27.6. The largest absolute Gasteiger partial charge is 0.393 e. The van der Waals surface area contributed by atoms with Gasteiger partial charge in [0.15, 0.2) is 0 Å². The van der Waals surface area contributed by atoms with Crippen molar-refractivity contribution in [2.75, 3.05) is 14.1 Å². The van der Waals surface area contributed by atoms with E-state index in [1.807, 2.05) is 48.5 Å². The van der Waals surface area contributed by atoms with Crippen molar-refractivity contribution in [2.45, 2.75) is 36.8 Å². The highest BCUT2D eigenvalue weighted by molar-refractivity contribution is 5.34. The smallest absolute Gasteiger partial charge is 0.0827 e. The number of benzene rings is 2. The van der Waals surface area contributed by atoms with Crippen LogP contribution in [-0.2, 0) is 5.41 Å². The van der Waals surface area contributed by atoms with Crippen molar-refractivity contribution in [1.29, 1.82) is 5.26 Å². The Morgan fingerprint density at radius 1 is 1.08 bits per heavy atom. The zero-order valence-corrected chi connectivity index (χ0v) is 15.0. The Labute approximate surface area is 150 Å². The molecule has 3 heteroatoms. The molecule has 130 valence electrons. The molecular formula is C22H26N2O. The average molecular weight is 334 g/mol. The number of nitrogens with zero attached hydrogens (tertiary/aromatic N) is 2. The fourth-order valence-corrected chi connectivity index (χ4v) is 4.33. The summed E-state index contributed by atoms with van der Waals surface area (Å²) in [6, 6.07) is 23.1. The van der Waals surface area contributed by atoms with Crippen molar-refractivity contribution in [3.63, 3.8) is 0 Å². The van der Waals surface area contributed by atoms with Crippen molar-refractivity contribution >= 4 is 0 Å². The third-order valence-corrected chi connectivity index (χ3v) is 5.59. The number of hydrogen-bond acceptors (Lipinski definition) is 3. The molecule has 1 N–H and O–H groups in total. The van der Waals surface area contributed by atoms with E-state index in [0.717, 1.165) is 5.56 Å². The van der Waals surface area contributed by atoms with Crippen LogP contribution in [0.25, 0.3) is 0 Å². The van der Waals surface area contributed by atoms with Crippen molar-refractivity contribution in [1.82, 2.24) is 4.90 Å². The Bertz CT molecular complexity index is 723. The summed E-state index contributed by atoms with van der Waals surface area (Å²) < 4.78 is 0. The van der Waals surface area contributed by atoms with Gasteiger partial charge in [-0.1, -0.05) is 60.7 Å². The van der Waals surface area contributed by atoms with Gasteiger partial charge in [0.05, 0.1) is 17.6 Å². The predicted octanol–water partition coefficient (Wildman–Crippen LogP) is 3.91. The lowest BCUT2D eigenvalue weighted by atomic mass is 9.63. The van der Waals surface area contributed by atoms with Gasteiger partial charge >= 0.3 is 0 Å². The van der Waals surface area contributed by atoms with Crippen LogP contribution < -0.4 is 0 Å². The lowest BCUT2D eigenvalue weighted by Gasteiger charge is -2.44. The molecule has 0 unspecified atom stereocenters. The number of hydrogen-bond donors (Lipinski definition) is 1. The predicted molar refractivity (Wildman–Crippen MR) is 100.0 cm³/mol. The van der Waals surface area contributed by atoms with Crippen LogP contribution in [0.2, 0.25) is 0 Å². The van der Waals surface area contributed by atoms with Gasteiger partial charge in [0.1, 0.15) is 0 Å². The molecule has 1 aliphatic carbocycles. The molecule has 1 saturated carbocycles. The van der Waals surface area contributed by atoms with E-state index in [2.05, 4.69) is 37.2 Å². The molecule has 0 aromatic heterocycles. The van der Waals surface area contributed by atoms with E-state index in [9.17, 15) is 10.4 Å². The molecule has 1 fully saturated rings. The molecule has 1 aliphatic rings. The van der Waals surface area contributed by atoms with E-state index >= 15 is 0 Å². The summed E-state index contributed by atoms with van der Waals surface area (Å²) in [5.74, 6) is 0.0195. The second kappa shape index (κ2) is 7.39. The third kappa shape index (κ3) is 3.46. The molecule has 0 bridgehead atoms. The molecule has 0 amide bonds. The van der Waals surface area contributed by atoms with Crippen molar-refractivity contribution in [3.8, 4) is 6.07 Å². The van der Waals surface area contributed by atoms with Crippen LogP contribution in [0.3, 0.4) is 0 Å². The molecule has 0 saturated heterocycles. The molecule has 0 spiro atoms. The highest BCUT2D eigenvalue weighted by atomic mass is 16.3. The minimum Gasteiger partial charge on any atom is -0.393 e. The summed E-state index contributed by atoms with van der Waals surface area (Å²) in [4.78, 5) is 2.17. The van der Waals surface area contributed by atoms with Gasteiger partial charge in [0, 0.05) is 12.0 Å². The van der Waals surface area contributed by atoms with Gasteiger partial charge in [-0.25, -0.2) is 0 Å². The van der Waals surface area contributed by atoms with Crippen LogP contribution >= 0.6 is 0 Å². The van der Waals surface area contributed by atoms with Gasteiger partial charge in [-0.05, 0) is 44.5 Å². The summed E-state index contributed by atoms with van der Waals surface area (Å²) in [6.07, 6.45) is 1.65. The van der Waals surface area contributed by atoms with Crippen molar-refractivity contribution in [2.24, 2.45) is 5.92 Å². The Hall–Kier alpha value is -2.15. The van der Waals surface area contributed by atoms with Gasteiger partial charge in [0.2, 0.25) is 0 Å². The third-order valence-electron chi connectivity index (χ3n) is 5.59. The topological polar surface area (TPSA) is 47.3 Å². The summed E-state index contributed by atoms with van der Waals surface area (Å²) in [6.45, 7) is 0. The first-order chi connectivity index (χ1) is 12.1. The second-order valence-electron chi connectivity index (χ2n) is 7.35. The van der Waals surface area contributed by atoms with E-state index in [-0.39, 0.29) is 12.0 Å². The second-order valence-corrected chi connectivity index (χ2v) is 7.35. The van der Waals surface area contributed by atoms with Gasteiger partial charge in [-0.15, -0.1) is 0 Å². The zero-order valence-electron chi connectivity index (χ0n) is 15.0. The van der Waals surface area contributed by atoms with E-state index in [4.69, 9.17) is 0 Å². The molecule has 2 aromatic carbocycles. The minimum atomic E-state index is -0.520. The lowest BCUT2D eigenvalue weighted by molar-refractivity contribution is 0.00456. The van der Waals surface area contributed by atoms with E-state index in [0.29, 0.717) is 19.3 Å². The summed E-state index contributed by atoms with van der Waals surface area (Å²) in [7, 11) is 4.10. The summed E-state index contributed by atoms with van der Waals surface area (Å²) >= 11 is 0. The average Bonchev–Trinajstić information content (AvgIpc) is 2.65. The number of aliphatic hydroxyl groups is 1. The van der Waals surface area contributed by atoms with Crippen LogP contribution in [0.1, 0.15) is 36.4 Å². The highest BCUT2D eigenvalue weighted by Gasteiger charge is 2.45. The lowest BCUT2D eigenvalue weighted by Crippen LogP contribution is -2.44. The molecule has 25 heavy (non-hydrogen) atoms. The Kier molecular flexibility index (Phi) is 5.22. The highest BCUT2D eigenvalue weighted by Crippen LogP contribution is 2.47. The number of rotatable bonds is 4. The van der Waals surface area contributed by atoms with E-state index in [1.165, 1.54) is 5.56 Å². The summed E-state index contributed by atoms with van der Waals surface area (Å²) in [5.41, 5.74) is 1.74.